The molecular formula is C18H23FN4O2. The Morgan fingerprint density at radius 3 is 2.84 bits per heavy atom. The lowest BCUT2D eigenvalue weighted by molar-refractivity contribution is 0.0805. The third kappa shape index (κ3) is 4.79. The van der Waals surface area contributed by atoms with Gasteiger partial charge in [0.25, 0.3) is 0 Å². The SMILES string of the molecule is C[C@H](Cn1ccnc1)NC(=O)N[C@@H](c1ccc(F)cc1)[C@H]1CCCO1. The molecule has 0 aliphatic carbocycles. The Kier molecular flexibility index (Phi) is 5.65. The average Bonchev–Trinajstić information content (AvgIpc) is 3.27. The van der Waals surface area contributed by atoms with E-state index in [0.717, 1.165) is 18.4 Å². The van der Waals surface area contributed by atoms with Gasteiger partial charge in [0.05, 0.1) is 18.5 Å². The van der Waals surface area contributed by atoms with E-state index >= 15 is 0 Å². The first kappa shape index (κ1) is 17.4. The first-order valence-corrected chi connectivity index (χ1v) is 8.51. The summed E-state index contributed by atoms with van der Waals surface area (Å²) in [5, 5.41) is 5.91. The fraction of sp³-hybridized carbons (Fsp3) is 0.444. The maximum atomic E-state index is 13.2. The fourth-order valence-corrected chi connectivity index (χ4v) is 3.09. The Labute approximate surface area is 146 Å². The van der Waals surface area contributed by atoms with Crippen molar-refractivity contribution in [2.75, 3.05) is 6.61 Å². The molecule has 6 nitrogen and oxygen atoms in total. The number of rotatable bonds is 6. The summed E-state index contributed by atoms with van der Waals surface area (Å²) in [5.41, 5.74) is 0.839. The minimum absolute atomic E-state index is 0.0624. The fourth-order valence-electron chi connectivity index (χ4n) is 3.09. The van der Waals surface area contributed by atoms with Crippen LogP contribution in [-0.2, 0) is 11.3 Å². The summed E-state index contributed by atoms with van der Waals surface area (Å²) in [6.45, 7) is 3.25. The van der Waals surface area contributed by atoms with Gasteiger partial charge in [-0.15, -0.1) is 0 Å². The number of nitrogens with one attached hydrogen (secondary N) is 2. The summed E-state index contributed by atoms with van der Waals surface area (Å²) >= 11 is 0. The van der Waals surface area contributed by atoms with Gasteiger partial charge in [0.15, 0.2) is 0 Å². The first-order valence-electron chi connectivity index (χ1n) is 8.51. The van der Waals surface area contributed by atoms with Crippen LogP contribution in [0.2, 0.25) is 0 Å². The molecule has 1 aromatic heterocycles. The predicted octanol–water partition coefficient (Wildman–Crippen LogP) is 2.63. The van der Waals surface area contributed by atoms with Crippen molar-refractivity contribution in [3.8, 4) is 0 Å². The number of carbonyl (C=O) groups is 1. The van der Waals surface area contributed by atoms with Gasteiger partial charge in [-0.25, -0.2) is 14.2 Å². The number of hydrogen-bond donors (Lipinski definition) is 2. The van der Waals surface area contributed by atoms with Gasteiger partial charge < -0.3 is 19.9 Å². The minimum atomic E-state index is -0.302. The molecule has 3 rings (SSSR count). The maximum absolute atomic E-state index is 13.2. The molecule has 2 aromatic rings. The topological polar surface area (TPSA) is 68.2 Å². The third-order valence-corrected chi connectivity index (χ3v) is 4.27. The molecule has 1 aliphatic heterocycles. The molecule has 0 spiro atoms. The van der Waals surface area contributed by atoms with E-state index in [2.05, 4.69) is 15.6 Å². The predicted molar refractivity (Wildman–Crippen MR) is 91.5 cm³/mol. The van der Waals surface area contributed by atoms with Gasteiger partial charge in [-0.05, 0) is 37.5 Å². The number of imidazole rings is 1. The van der Waals surface area contributed by atoms with E-state index in [0.29, 0.717) is 13.2 Å². The Balaban J connectivity index is 1.62. The molecule has 1 saturated heterocycles. The highest BCUT2D eigenvalue weighted by Crippen LogP contribution is 2.27. The van der Waals surface area contributed by atoms with Crippen LogP contribution < -0.4 is 10.6 Å². The molecule has 2 amide bonds. The van der Waals surface area contributed by atoms with Crippen LogP contribution in [0.25, 0.3) is 0 Å². The van der Waals surface area contributed by atoms with Gasteiger partial charge in [-0.1, -0.05) is 12.1 Å². The molecule has 7 heteroatoms. The van der Waals surface area contributed by atoms with Gasteiger partial charge >= 0.3 is 6.03 Å². The van der Waals surface area contributed by atoms with Crippen molar-refractivity contribution in [3.63, 3.8) is 0 Å². The molecule has 1 aromatic carbocycles. The van der Waals surface area contributed by atoms with Crippen molar-refractivity contribution >= 4 is 6.03 Å². The lowest BCUT2D eigenvalue weighted by Crippen LogP contribution is -2.46. The first-order chi connectivity index (χ1) is 12.1. The molecule has 0 bridgehead atoms. The molecule has 1 fully saturated rings. The van der Waals surface area contributed by atoms with Gasteiger partial charge in [-0.3, -0.25) is 0 Å². The highest BCUT2D eigenvalue weighted by Gasteiger charge is 2.29. The van der Waals surface area contributed by atoms with E-state index in [1.54, 1.807) is 24.7 Å². The second-order valence-electron chi connectivity index (χ2n) is 6.36. The van der Waals surface area contributed by atoms with E-state index < -0.39 is 0 Å². The Hall–Kier alpha value is -2.41. The zero-order chi connectivity index (χ0) is 17.6. The summed E-state index contributed by atoms with van der Waals surface area (Å²) in [6, 6.07) is 5.55. The molecule has 2 heterocycles. The lowest BCUT2D eigenvalue weighted by Gasteiger charge is -2.26. The van der Waals surface area contributed by atoms with E-state index in [1.807, 2.05) is 17.7 Å². The van der Waals surface area contributed by atoms with Crippen LogP contribution in [0, 0.1) is 5.82 Å². The number of amides is 2. The number of carbonyl (C=O) groups excluding carboxylic acids is 1. The summed E-state index contributed by atoms with van der Waals surface area (Å²) < 4.78 is 20.9. The second-order valence-corrected chi connectivity index (χ2v) is 6.36. The molecule has 1 aliphatic rings. The summed E-state index contributed by atoms with van der Waals surface area (Å²) in [5.74, 6) is -0.298. The molecule has 134 valence electrons. The van der Waals surface area contributed by atoms with E-state index in [-0.39, 0.29) is 30.0 Å². The molecule has 0 unspecified atom stereocenters. The summed E-state index contributed by atoms with van der Waals surface area (Å²) in [7, 11) is 0. The molecular weight excluding hydrogens is 323 g/mol. The average molecular weight is 346 g/mol. The van der Waals surface area contributed by atoms with Crippen molar-refractivity contribution < 1.29 is 13.9 Å². The monoisotopic (exact) mass is 346 g/mol. The highest BCUT2D eigenvalue weighted by molar-refractivity contribution is 5.74. The van der Waals surface area contributed by atoms with Crippen molar-refractivity contribution in [2.45, 2.75) is 44.5 Å². The van der Waals surface area contributed by atoms with Crippen LogP contribution in [0.5, 0.6) is 0 Å². The summed E-state index contributed by atoms with van der Waals surface area (Å²) in [6.07, 6.45) is 7.00. The van der Waals surface area contributed by atoms with Gasteiger partial charge in [0, 0.05) is 31.6 Å². The van der Waals surface area contributed by atoms with Crippen LogP contribution >= 0.6 is 0 Å². The van der Waals surface area contributed by atoms with Crippen LogP contribution in [0.15, 0.2) is 43.0 Å². The second kappa shape index (κ2) is 8.11. The summed E-state index contributed by atoms with van der Waals surface area (Å²) in [4.78, 5) is 16.4. The minimum Gasteiger partial charge on any atom is -0.376 e. The van der Waals surface area contributed by atoms with Gasteiger partial charge in [0.1, 0.15) is 5.82 Å². The number of ether oxygens (including phenoxy) is 1. The normalized spacial score (nSPS) is 19.4. The number of urea groups is 1. The standard InChI is InChI=1S/C18H23FN4O2/c1-13(11-23-9-8-20-12-23)21-18(24)22-17(16-3-2-10-25-16)14-4-6-15(19)7-5-14/h4-9,12-13,16-17H,2-3,10-11H2,1H3,(H2,21,22,24)/t13-,16-,17+/m1/s1. The van der Waals surface area contributed by atoms with Crippen molar-refractivity contribution in [1.82, 2.24) is 20.2 Å². The number of benzene rings is 1. The smallest absolute Gasteiger partial charge is 0.315 e. The van der Waals surface area contributed by atoms with E-state index in [4.69, 9.17) is 4.74 Å². The van der Waals surface area contributed by atoms with Crippen molar-refractivity contribution in [1.29, 1.82) is 0 Å². The third-order valence-electron chi connectivity index (χ3n) is 4.27. The van der Waals surface area contributed by atoms with Crippen molar-refractivity contribution in [2.24, 2.45) is 0 Å². The van der Waals surface area contributed by atoms with Gasteiger partial charge in [-0.2, -0.15) is 0 Å². The number of halogens is 1. The number of nitrogens with zero attached hydrogens (tertiary/aromatic N) is 2. The van der Waals surface area contributed by atoms with Gasteiger partial charge in [0.2, 0.25) is 0 Å². The van der Waals surface area contributed by atoms with Crippen LogP contribution in [0.3, 0.4) is 0 Å². The zero-order valence-corrected chi connectivity index (χ0v) is 14.2. The molecule has 2 N–H and O–H groups in total. The zero-order valence-electron chi connectivity index (χ0n) is 14.2. The molecule has 25 heavy (non-hydrogen) atoms. The van der Waals surface area contributed by atoms with E-state index in [1.165, 1.54) is 12.1 Å². The number of hydrogen-bond acceptors (Lipinski definition) is 3. The van der Waals surface area contributed by atoms with Crippen molar-refractivity contribution in [3.05, 3.63) is 54.4 Å². The Morgan fingerprint density at radius 1 is 1.40 bits per heavy atom. The maximum Gasteiger partial charge on any atom is 0.315 e. The molecule has 3 atom stereocenters. The molecule has 0 radical (unpaired) electrons. The van der Waals surface area contributed by atoms with E-state index in [9.17, 15) is 9.18 Å². The lowest BCUT2D eigenvalue weighted by atomic mass is 9.99. The van der Waals surface area contributed by atoms with Crippen LogP contribution in [0.1, 0.15) is 31.4 Å². The quantitative estimate of drug-likeness (QED) is 0.845. The highest BCUT2D eigenvalue weighted by atomic mass is 19.1. The largest absolute Gasteiger partial charge is 0.376 e. The van der Waals surface area contributed by atoms with Crippen LogP contribution in [0.4, 0.5) is 9.18 Å². The Bertz CT molecular complexity index is 669. The molecule has 0 saturated carbocycles. The Morgan fingerprint density at radius 2 is 2.20 bits per heavy atom. The number of aromatic nitrogens is 2. The van der Waals surface area contributed by atoms with Crippen LogP contribution in [-0.4, -0.2) is 34.3 Å².